The van der Waals surface area contributed by atoms with E-state index in [-0.39, 0.29) is 0 Å². The number of imidazole rings is 1. The number of pyridine rings is 1. The lowest BCUT2D eigenvalue weighted by atomic mass is 10.2. The van der Waals surface area contributed by atoms with Gasteiger partial charge in [0.15, 0.2) is 5.52 Å². The van der Waals surface area contributed by atoms with Crippen LogP contribution in [0.3, 0.4) is 0 Å². The summed E-state index contributed by atoms with van der Waals surface area (Å²) in [5.74, 6) is 0. The maximum atomic E-state index is 11.8. The topological polar surface area (TPSA) is 44.8 Å². The number of nitrogens with zero attached hydrogens (tertiary/aromatic N) is 3. The van der Waals surface area contributed by atoms with Gasteiger partial charge in [-0.25, -0.2) is 4.98 Å². The van der Waals surface area contributed by atoms with Crippen molar-refractivity contribution in [2.24, 2.45) is 0 Å². The molecule has 80 valence electrons. The van der Waals surface area contributed by atoms with Crippen molar-refractivity contribution in [2.45, 2.75) is 13.5 Å². The highest BCUT2D eigenvalue weighted by Crippen LogP contribution is 2.21. The molecule has 0 saturated carbocycles. The number of benzene rings is 1. The van der Waals surface area contributed by atoms with E-state index in [4.69, 9.17) is 0 Å². The van der Waals surface area contributed by atoms with Gasteiger partial charge in [0, 0.05) is 12.6 Å². The van der Waals surface area contributed by atoms with Gasteiger partial charge in [-0.1, -0.05) is 12.1 Å². The molecule has 3 rings (SSSR count). The summed E-state index contributed by atoms with van der Waals surface area (Å²) in [6, 6.07) is 7.60. The van der Waals surface area contributed by atoms with Gasteiger partial charge in [0.25, 0.3) is 0 Å². The number of hydrogen-bond acceptors (Lipinski definition) is 2. The van der Waals surface area contributed by atoms with Gasteiger partial charge in [-0.05, 0) is 13.0 Å². The number of aryl methyl sites for hydroxylation is 1. The lowest BCUT2D eigenvalue weighted by Crippen LogP contribution is -2.26. The van der Waals surface area contributed by atoms with Crippen molar-refractivity contribution >= 4 is 21.9 Å². The minimum atomic E-state index is 0.685. The largest absolute Gasteiger partial charge is 0.618 e. The quantitative estimate of drug-likeness (QED) is 0.457. The van der Waals surface area contributed by atoms with Crippen LogP contribution >= 0.6 is 0 Å². The van der Waals surface area contributed by atoms with Crippen molar-refractivity contribution in [3.63, 3.8) is 0 Å². The van der Waals surface area contributed by atoms with Crippen molar-refractivity contribution in [3.05, 3.63) is 42.0 Å². The average Bonchev–Trinajstić information content (AvgIpc) is 2.72. The minimum absolute atomic E-state index is 0.685. The molecule has 0 aliphatic heterocycles. The lowest BCUT2D eigenvalue weighted by molar-refractivity contribution is -0.575. The fourth-order valence-electron chi connectivity index (χ4n) is 2.07. The first-order valence-corrected chi connectivity index (χ1v) is 5.27. The van der Waals surface area contributed by atoms with E-state index in [1.807, 2.05) is 24.3 Å². The normalized spacial score (nSPS) is 11.3. The third kappa shape index (κ3) is 1.10. The molecule has 0 aliphatic carbocycles. The zero-order valence-electron chi connectivity index (χ0n) is 8.92. The first-order chi connectivity index (χ1) is 7.81. The fraction of sp³-hybridized carbons (Fsp3) is 0.167. The Morgan fingerprint density at radius 1 is 1.38 bits per heavy atom. The summed E-state index contributed by atoms with van der Waals surface area (Å²) in [5, 5.41) is 12.7. The molecule has 16 heavy (non-hydrogen) atoms. The predicted molar refractivity (Wildman–Crippen MR) is 61.9 cm³/mol. The molecule has 0 aliphatic rings. The summed E-state index contributed by atoms with van der Waals surface area (Å²) < 4.78 is 2.93. The number of hydrogen-bond donors (Lipinski definition) is 0. The molecular weight excluding hydrogens is 202 g/mol. The molecule has 1 aromatic carbocycles. The Morgan fingerprint density at radius 3 is 3.00 bits per heavy atom. The van der Waals surface area contributed by atoms with Gasteiger partial charge in [0.2, 0.25) is 11.7 Å². The van der Waals surface area contributed by atoms with E-state index < -0.39 is 0 Å². The van der Waals surface area contributed by atoms with Crippen LogP contribution in [0.25, 0.3) is 21.9 Å². The molecular formula is C12H11N3O. The summed E-state index contributed by atoms with van der Waals surface area (Å²) in [4.78, 5) is 4.24. The summed E-state index contributed by atoms with van der Waals surface area (Å²) >= 11 is 0. The Labute approximate surface area is 92.3 Å². The fourth-order valence-corrected chi connectivity index (χ4v) is 2.07. The van der Waals surface area contributed by atoms with Gasteiger partial charge < -0.3 is 9.77 Å². The minimum Gasteiger partial charge on any atom is -0.618 e. The molecule has 0 atom stereocenters. The molecule has 4 heteroatoms. The first kappa shape index (κ1) is 9.15. The highest BCUT2D eigenvalue weighted by molar-refractivity contribution is 6.00. The molecule has 0 saturated heterocycles. The predicted octanol–water partition coefficient (Wildman–Crippen LogP) is 1.84. The molecule has 0 spiro atoms. The molecule has 2 heterocycles. The average molecular weight is 213 g/mol. The van der Waals surface area contributed by atoms with Crippen LogP contribution in [-0.4, -0.2) is 9.55 Å². The maximum Gasteiger partial charge on any atom is 0.226 e. The van der Waals surface area contributed by atoms with Crippen molar-refractivity contribution < 1.29 is 4.73 Å². The third-order valence-corrected chi connectivity index (χ3v) is 2.84. The van der Waals surface area contributed by atoms with Crippen molar-refractivity contribution in [1.29, 1.82) is 0 Å². The number of para-hydroxylation sites is 1. The molecule has 2 aromatic heterocycles. The van der Waals surface area contributed by atoms with Gasteiger partial charge in [0.05, 0.1) is 17.2 Å². The number of fused-ring (bicyclic) bond motifs is 3. The second-order valence-corrected chi connectivity index (χ2v) is 3.74. The molecule has 3 aromatic rings. The summed E-state index contributed by atoms with van der Waals surface area (Å²) in [6.07, 6.45) is 3.31. The van der Waals surface area contributed by atoms with E-state index in [2.05, 4.69) is 16.5 Å². The van der Waals surface area contributed by atoms with Crippen molar-refractivity contribution in [2.75, 3.05) is 0 Å². The van der Waals surface area contributed by atoms with Gasteiger partial charge in [-0.3, -0.25) is 0 Å². The smallest absolute Gasteiger partial charge is 0.226 e. The Balaban J connectivity index is 2.59. The maximum absolute atomic E-state index is 11.8. The van der Waals surface area contributed by atoms with Crippen LogP contribution in [0.2, 0.25) is 0 Å². The monoisotopic (exact) mass is 213 g/mol. The van der Waals surface area contributed by atoms with E-state index in [0.717, 1.165) is 27.7 Å². The number of rotatable bonds is 1. The van der Waals surface area contributed by atoms with Crippen LogP contribution in [0.1, 0.15) is 6.92 Å². The van der Waals surface area contributed by atoms with Crippen molar-refractivity contribution in [3.8, 4) is 0 Å². The Morgan fingerprint density at radius 2 is 2.19 bits per heavy atom. The summed E-state index contributed by atoms with van der Waals surface area (Å²) in [5.41, 5.74) is 2.46. The standard InChI is InChI=1S/C12H11N3O/c1-2-14-8-13-10-7-15(16)11-6-4-3-5-9(11)12(10)14/h3-8H,2H2,1H3. The van der Waals surface area contributed by atoms with Gasteiger partial charge in [-0.2, -0.15) is 4.73 Å². The van der Waals surface area contributed by atoms with E-state index in [9.17, 15) is 5.21 Å². The highest BCUT2D eigenvalue weighted by atomic mass is 16.5. The lowest BCUT2D eigenvalue weighted by Gasteiger charge is -2.04. The molecule has 0 unspecified atom stereocenters. The zero-order chi connectivity index (χ0) is 11.1. The second-order valence-electron chi connectivity index (χ2n) is 3.74. The molecule has 0 fully saturated rings. The van der Waals surface area contributed by atoms with Gasteiger partial charge in [-0.15, -0.1) is 0 Å². The van der Waals surface area contributed by atoms with Crippen LogP contribution in [-0.2, 0) is 6.54 Å². The Hall–Kier alpha value is -2.10. The number of aromatic nitrogens is 3. The summed E-state index contributed by atoms with van der Waals surface area (Å²) in [6.45, 7) is 2.91. The van der Waals surface area contributed by atoms with Crippen LogP contribution in [0.15, 0.2) is 36.8 Å². The summed E-state index contributed by atoms with van der Waals surface area (Å²) in [7, 11) is 0. The molecule has 0 radical (unpaired) electrons. The van der Waals surface area contributed by atoms with Crippen LogP contribution < -0.4 is 4.73 Å². The van der Waals surface area contributed by atoms with Crippen molar-refractivity contribution in [1.82, 2.24) is 9.55 Å². The van der Waals surface area contributed by atoms with Gasteiger partial charge >= 0.3 is 0 Å². The Bertz CT molecular complexity index is 672. The molecule has 0 amide bonds. The SMILES string of the molecule is CCn1cnc2c[n+]([O-])c3ccccc3c21. The molecule has 4 nitrogen and oxygen atoms in total. The van der Waals surface area contributed by atoms with E-state index >= 15 is 0 Å². The molecule has 0 bridgehead atoms. The highest BCUT2D eigenvalue weighted by Gasteiger charge is 2.12. The molecule has 0 N–H and O–H groups in total. The van der Waals surface area contributed by atoms with Crippen LogP contribution in [0.4, 0.5) is 0 Å². The van der Waals surface area contributed by atoms with E-state index in [1.165, 1.54) is 6.20 Å². The Kier molecular flexibility index (Phi) is 1.83. The van der Waals surface area contributed by atoms with E-state index in [1.54, 1.807) is 6.33 Å². The van der Waals surface area contributed by atoms with Crippen LogP contribution in [0, 0.1) is 5.21 Å². The van der Waals surface area contributed by atoms with Crippen LogP contribution in [0.5, 0.6) is 0 Å². The third-order valence-electron chi connectivity index (χ3n) is 2.84. The zero-order valence-corrected chi connectivity index (χ0v) is 8.92. The van der Waals surface area contributed by atoms with Gasteiger partial charge in [0.1, 0.15) is 0 Å². The second kappa shape index (κ2) is 3.20. The first-order valence-electron chi connectivity index (χ1n) is 5.27. The van der Waals surface area contributed by atoms with E-state index in [0.29, 0.717) is 5.52 Å².